The van der Waals surface area contributed by atoms with Gasteiger partial charge in [0.15, 0.2) is 0 Å². The molecule has 1 heterocycles. The lowest BCUT2D eigenvalue weighted by molar-refractivity contribution is -0.118. The molecule has 2 N–H and O–H groups in total. The molecule has 1 unspecified atom stereocenters. The number of carbonyl (C=O) groups excluding carboxylic acids is 3. The Morgan fingerprint density at radius 1 is 1.12 bits per heavy atom. The molecule has 1 aliphatic rings. The molecule has 8 heteroatoms. The number of thioether (sulfide) groups is 1. The molecular weight excluding hydrogens is 468 g/mol. The summed E-state index contributed by atoms with van der Waals surface area (Å²) in [4.78, 5) is 39.9. The van der Waals surface area contributed by atoms with Gasteiger partial charge < -0.3 is 15.4 Å². The van der Waals surface area contributed by atoms with Gasteiger partial charge in [-0.25, -0.2) is 4.79 Å². The molecule has 184 valence electrons. The fourth-order valence-electron chi connectivity index (χ4n) is 3.95. The second-order valence-corrected chi connectivity index (χ2v) is 12.3. The summed E-state index contributed by atoms with van der Waals surface area (Å²) in [5.74, 6) is -0.601. The maximum atomic E-state index is 13.0. The number of carbonyl (C=O) groups is 3. The monoisotopic (exact) mass is 502 g/mol. The fourth-order valence-corrected chi connectivity index (χ4v) is 6.16. The molecule has 0 spiro atoms. The van der Waals surface area contributed by atoms with Crippen LogP contribution in [0.1, 0.15) is 74.2 Å². The molecule has 1 atom stereocenters. The van der Waals surface area contributed by atoms with Gasteiger partial charge in [-0.05, 0) is 61.8 Å². The van der Waals surface area contributed by atoms with Crippen LogP contribution in [0, 0.1) is 5.41 Å². The van der Waals surface area contributed by atoms with E-state index in [0.717, 1.165) is 42.6 Å². The molecule has 1 aliphatic carbocycles. The van der Waals surface area contributed by atoms with Crippen LogP contribution in [-0.2, 0) is 27.2 Å². The average molecular weight is 503 g/mol. The van der Waals surface area contributed by atoms with Crippen molar-refractivity contribution >= 4 is 51.6 Å². The molecule has 2 amide bonds. The van der Waals surface area contributed by atoms with Gasteiger partial charge in [0.05, 0.1) is 17.9 Å². The Hall–Kier alpha value is -2.32. The third-order valence-electron chi connectivity index (χ3n) is 5.54. The zero-order valence-electron chi connectivity index (χ0n) is 20.6. The van der Waals surface area contributed by atoms with Crippen molar-refractivity contribution in [1.29, 1.82) is 0 Å². The summed E-state index contributed by atoms with van der Waals surface area (Å²) >= 11 is 2.90. The van der Waals surface area contributed by atoms with Gasteiger partial charge in [-0.2, -0.15) is 0 Å². The van der Waals surface area contributed by atoms with Crippen LogP contribution >= 0.6 is 23.1 Å². The molecule has 3 rings (SSSR count). The maximum absolute atomic E-state index is 13.0. The van der Waals surface area contributed by atoms with Crippen molar-refractivity contribution in [2.45, 2.75) is 76.4 Å². The Balaban J connectivity index is 1.69. The van der Waals surface area contributed by atoms with Gasteiger partial charge in [-0.15, -0.1) is 23.1 Å². The number of hydrogen-bond acceptors (Lipinski definition) is 6. The topological polar surface area (TPSA) is 84.5 Å². The van der Waals surface area contributed by atoms with Gasteiger partial charge in [0, 0.05) is 21.9 Å². The van der Waals surface area contributed by atoms with Crippen molar-refractivity contribution in [3.05, 3.63) is 40.3 Å². The van der Waals surface area contributed by atoms with Crippen molar-refractivity contribution in [3.8, 4) is 0 Å². The molecule has 0 saturated heterocycles. The summed E-state index contributed by atoms with van der Waals surface area (Å²) in [6, 6.07) is 7.51. The van der Waals surface area contributed by atoms with Crippen LogP contribution in [-0.4, -0.2) is 30.1 Å². The van der Waals surface area contributed by atoms with E-state index in [4.69, 9.17) is 4.74 Å². The molecule has 1 aromatic carbocycles. The Bertz CT molecular complexity index is 1060. The summed E-state index contributed by atoms with van der Waals surface area (Å²) in [5, 5.41) is 6.11. The van der Waals surface area contributed by atoms with E-state index in [1.807, 2.05) is 52.0 Å². The van der Waals surface area contributed by atoms with Gasteiger partial charge in [0.1, 0.15) is 5.00 Å². The van der Waals surface area contributed by atoms with E-state index in [1.165, 1.54) is 35.1 Å². The number of methoxy groups -OCH3 is 1. The first-order chi connectivity index (χ1) is 16.1. The van der Waals surface area contributed by atoms with Crippen molar-refractivity contribution in [1.82, 2.24) is 0 Å². The highest BCUT2D eigenvalue weighted by atomic mass is 32.2. The molecule has 0 saturated carbocycles. The summed E-state index contributed by atoms with van der Waals surface area (Å²) in [5.41, 5.74) is 2.16. The maximum Gasteiger partial charge on any atom is 0.341 e. The number of hydrogen-bond donors (Lipinski definition) is 2. The SMILES string of the molecule is COC(=O)c1c(NC(=O)C(C)Sc2cccc(NC(=O)CC(C)(C)C)c2)sc2c1CCCCC2. The number of benzene rings is 1. The third-order valence-corrected chi connectivity index (χ3v) is 7.84. The molecular formula is C26H34N2O4S2. The van der Waals surface area contributed by atoms with Crippen LogP contribution in [0.15, 0.2) is 29.2 Å². The fraction of sp³-hybridized carbons (Fsp3) is 0.500. The predicted molar refractivity (Wildman–Crippen MR) is 140 cm³/mol. The predicted octanol–water partition coefficient (Wildman–Crippen LogP) is 6.30. The number of fused-ring (bicyclic) bond motifs is 1. The summed E-state index contributed by atoms with van der Waals surface area (Å²) in [7, 11) is 1.38. The van der Waals surface area contributed by atoms with E-state index < -0.39 is 11.2 Å². The average Bonchev–Trinajstić information content (AvgIpc) is 2.92. The van der Waals surface area contributed by atoms with Crippen molar-refractivity contribution in [3.63, 3.8) is 0 Å². The number of nitrogens with one attached hydrogen (secondary N) is 2. The van der Waals surface area contributed by atoms with Crippen molar-refractivity contribution in [2.24, 2.45) is 5.41 Å². The first-order valence-corrected chi connectivity index (χ1v) is 13.4. The quantitative estimate of drug-likeness (QED) is 0.264. The van der Waals surface area contributed by atoms with Gasteiger partial charge in [0.25, 0.3) is 0 Å². The van der Waals surface area contributed by atoms with Crippen LogP contribution in [0.2, 0.25) is 0 Å². The number of aryl methyl sites for hydroxylation is 1. The molecule has 0 bridgehead atoms. The molecule has 0 fully saturated rings. The number of rotatable bonds is 7. The summed E-state index contributed by atoms with van der Waals surface area (Å²) in [6.07, 6.45) is 5.47. The zero-order valence-corrected chi connectivity index (χ0v) is 22.2. The van der Waals surface area contributed by atoms with Crippen molar-refractivity contribution in [2.75, 3.05) is 17.7 Å². The second kappa shape index (κ2) is 11.4. The van der Waals surface area contributed by atoms with E-state index >= 15 is 0 Å². The molecule has 0 aliphatic heterocycles. The molecule has 2 aromatic rings. The largest absolute Gasteiger partial charge is 0.465 e. The lowest BCUT2D eigenvalue weighted by Crippen LogP contribution is -2.23. The lowest BCUT2D eigenvalue weighted by Gasteiger charge is -2.17. The van der Waals surface area contributed by atoms with E-state index in [9.17, 15) is 14.4 Å². The van der Waals surface area contributed by atoms with Crippen LogP contribution < -0.4 is 10.6 Å². The molecule has 34 heavy (non-hydrogen) atoms. The highest BCUT2D eigenvalue weighted by Gasteiger charge is 2.27. The minimum Gasteiger partial charge on any atom is -0.465 e. The lowest BCUT2D eigenvalue weighted by atomic mass is 9.92. The van der Waals surface area contributed by atoms with E-state index in [-0.39, 0.29) is 17.2 Å². The molecule has 6 nitrogen and oxygen atoms in total. The minimum atomic E-state index is -0.395. The van der Waals surface area contributed by atoms with Gasteiger partial charge in [-0.1, -0.05) is 33.3 Å². The zero-order chi connectivity index (χ0) is 24.9. The van der Waals surface area contributed by atoms with Crippen LogP contribution in [0.3, 0.4) is 0 Å². The van der Waals surface area contributed by atoms with E-state index in [2.05, 4.69) is 10.6 Å². The van der Waals surface area contributed by atoms with Gasteiger partial charge >= 0.3 is 5.97 Å². The molecule has 0 radical (unpaired) electrons. The number of ether oxygens (including phenoxy) is 1. The first-order valence-electron chi connectivity index (χ1n) is 11.7. The standard InChI is InChI=1S/C26H34N2O4S2/c1-16(33-18-11-9-10-17(14-18)27-21(29)15-26(2,3)4)23(30)28-24-22(25(31)32-5)19-12-7-6-8-13-20(19)34-24/h9-11,14,16H,6-8,12-13,15H2,1-5H3,(H,27,29)(H,28,30). The normalized spacial score (nSPS) is 14.5. The highest BCUT2D eigenvalue weighted by molar-refractivity contribution is 8.00. The van der Waals surface area contributed by atoms with Gasteiger partial charge in [-0.3, -0.25) is 9.59 Å². The Kier molecular flexibility index (Phi) is 8.82. The van der Waals surface area contributed by atoms with Crippen molar-refractivity contribution < 1.29 is 19.1 Å². The Labute approximate surface area is 210 Å². The number of anilines is 2. The Morgan fingerprint density at radius 3 is 2.56 bits per heavy atom. The van der Waals surface area contributed by atoms with Crippen LogP contribution in [0.5, 0.6) is 0 Å². The third kappa shape index (κ3) is 7.09. The smallest absolute Gasteiger partial charge is 0.341 e. The first kappa shape index (κ1) is 26.3. The van der Waals surface area contributed by atoms with Gasteiger partial charge in [0.2, 0.25) is 11.8 Å². The molecule has 1 aromatic heterocycles. The Morgan fingerprint density at radius 2 is 1.85 bits per heavy atom. The summed E-state index contributed by atoms with van der Waals surface area (Å²) in [6.45, 7) is 7.91. The minimum absolute atomic E-state index is 0.0340. The summed E-state index contributed by atoms with van der Waals surface area (Å²) < 4.78 is 5.03. The number of esters is 1. The number of amides is 2. The van der Waals surface area contributed by atoms with Crippen LogP contribution in [0.25, 0.3) is 0 Å². The van der Waals surface area contributed by atoms with Crippen LogP contribution in [0.4, 0.5) is 10.7 Å². The van der Waals surface area contributed by atoms with E-state index in [1.54, 1.807) is 0 Å². The second-order valence-electron chi connectivity index (χ2n) is 9.82. The van der Waals surface area contributed by atoms with E-state index in [0.29, 0.717) is 22.7 Å². The highest BCUT2D eigenvalue weighted by Crippen LogP contribution is 2.38. The number of thiophene rings is 1.